The summed E-state index contributed by atoms with van der Waals surface area (Å²) in [7, 11) is 0. The Labute approximate surface area is 146 Å². The number of H-pyrrole nitrogens is 1. The summed E-state index contributed by atoms with van der Waals surface area (Å²) in [4.78, 5) is 14.6. The number of fused-ring (bicyclic) bond motifs is 1. The average Bonchev–Trinajstić information content (AvgIpc) is 3.30. The zero-order valence-corrected chi connectivity index (χ0v) is 14.1. The maximum Gasteiger partial charge on any atom is 0.224 e. The largest absolute Gasteiger partial charge is 0.342 e. The van der Waals surface area contributed by atoms with E-state index in [2.05, 4.69) is 20.5 Å². The lowest BCUT2D eigenvalue weighted by molar-refractivity contribution is -0.133. The van der Waals surface area contributed by atoms with E-state index in [1.807, 2.05) is 39.9 Å². The van der Waals surface area contributed by atoms with Gasteiger partial charge in [-0.2, -0.15) is 5.10 Å². The minimum absolute atomic E-state index is 0.203. The Balaban J connectivity index is 1.34. The van der Waals surface area contributed by atoms with Gasteiger partial charge in [0.05, 0.1) is 12.1 Å². The molecule has 1 atom stereocenters. The minimum Gasteiger partial charge on any atom is -0.342 e. The Morgan fingerprint density at radius 1 is 1.28 bits per heavy atom. The highest BCUT2D eigenvalue weighted by Crippen LogP contribution is 2.21. The van der Waals surface area contributed by atoms with Crippen LogP contribution in [0.1, 0.15) is 25.0 Å². The number of nitrogens with one attached hydrogen (secondary N) is 1. The molecule has 7 nitrogen and oxygen atoms in total. The SMILES string of the molecule is O=C(CCn1nnc2ccccc21)N1CCC[C@@H](Cc2ccn[nH]2)C1. The number of amides is 1. The van der Waals surface area contributed by atoms with Crippen molar-refractivity contribution < 1.29 is 4.79 Å². The van der Waals surface area contributed by atoms with Crippen LogP contribution >= 0.6 is 0 Å². The van der Waals surface area contributed by atoms with Gasteiger partial charge in [0.2, 0.25) is 5.91 Å². The van der Waals surface area contributed by atoms with Crippen molar-refractivity contribution in [2.75, 3.05) is 13.1 Å². The summed E-state index contributed by atoms with van der Waals surface area (Å²) in [6.45, 7) is 2.26. The summed E-state index contributed by atoms with van der Waals surface area (Å²) in [6, 6.07) is 9.85. The van der Waals surface area contributed by atoms with Crippen molar-refractivity contribution in [3.8, 4) is 0 Å². The zero-order chi connectivity index (χ0) is 17.1. The summed E-state index contributed by atoms with van der Waals surface area (Å²) in [6.07, 6.45) is 5.43. The highest BCUT2D eigenvalue weighted by Gasteiger charge is 2.24. The molecular formula is C18H22N6O. The standard InChI is InChI=1S/C18H22N6O/c25-18(8-11-24-17-6-2-1-5-16(17)21-22-24)23-10-3-4-14(13-23)12-15-7-9-19-20-15/h1-2,5-7,9,14H,3-4,8,10-13H2,(H,19,20)/t14-/m0/s1. The van der Waals surface area contributed by atoms with Crippen molar-refractivity contribution in [2.45, 2.75) is 32.2 Å². The lowest BCUT2D eigenvalue weighted by Gasteiger charge is -2.32. The van der Waals surface area contributed by atoms with Gasteiger partial charge in [-0.1, -0.05) is 17.3 Å². The molecule has 1 aliphatic heterocycles. The fourth-order valence-electron chi connectivity index (χ4n) is 3.61. The molecule has 0 unspecified atom stereocenters. The number of carbonyl (C=O) groups excluding carboxylic acids is 1. The number of hydrogen-bond acceptors (Lipinski definition) is 4. The average molecular weight is 338 g/mol. The third-order valence-corrected chi connectivity index (χ3v) is 4.90. The van der Waals surface area contributed by atoms with Crippen molar-refractivity contribution in [1.29, 1.82) is 0 Å². The van der Waals surface area contributed by atoms with Gasteiger partial charge in [0.15, 0.2) is 0 Å². The van der Waals surface area contributed by atoms with Crippen molar-refractivity contribution in [3.05, 3.63) is 42.2 Å². The van der Waals surface area contributed by atoms with Gasteiger partial charge in [-0.05, 0) is 43.4 Å². The second-order valence-corrected chi connectivity index (χ2v) is 6.69. The Morgan fingerprint density at radius 2 is 2.20 bits per heavy atom. The third kappa shape index (κ3) is 3.55. The first-order valence-corrected chi connectivity index (χ1v) is 8.84. The van der Waals surface area contributed by atoms with Crippen LogP contribution in [-0.4, -0.2) is 49.1 Å². The molecule has 0 radical (unpaired) electrons. The fourth-order valence-corrected chi connectivity index (χ4v) is 3.61. The van der Waals surface area contributed by atoms with E-state index >= 15 is 0 Å². The summed E-state index contributed by atoms with van der Waals surface area (Å²) >= 11 is 0. The number of para-hydroxylation sites is 1. The second-order valence-electron chi connectivity index (χ2n) is 6.69. The molecule has 1 saturated heterocycles. The summed E-state index contributed by atoms with van der Waals surface area (Å²) in [5, 5.41) is 15.3. The number of rotatable bonds is 5. The van der Waals surface area contributed by atoms with Crippen molar-refractivity contribution in [1.82, 2.24) is 30.1 Å². The number of piperidine rings is 1. The third-order valence-electron chi connectivity index (χ3n) is 4.90. The first-order valence-electron chi connectivity index (χ1n) is 8.84. The van der Waals surface area contributed by atoms with Gasteiger partial charge in [-0.25, -0.2) is 4.68 Å². The van der Waals surface area contributed by atoms with E-state index in [1.54, 1.807) is 6.20 Å². The van der Waals surface area contributed by atoms with E-state index in [-0.39, 0.29) is 5.91 Å². The number of carbonyl (C=O) groups is 1. The number of aromatic amines is 1. The summed E-state index contributed by atoms with van der Waals surface area (Å²) in [5.74, 6) is 0.708. The maximum absolute atomic E-state index is 12.6. The first kappa shape index (κ1) is 15.8. The van der Waals surface area contributed by atoms with E-state index in [4.69, 9.17) is 0 Å². The number of hydrogen-bond donors (Lipinski definition) is 1. The highest BCUT2D eigenvalue weighted by molar-refractivity contribution is 5.77. The molecule has 0 saturated carbocycles. The van der Waals surface area contributed by atoms with Gasteiger partial charge < -0.3 is 4.90 Å². The van der Waals surface area contributed by atoms with Crippen LogP contribution in [0.4, 0.5) is 0 Å². The number of benzene rings is 1. The molecule has 1 N–H and O–H groups in total. The molecule has 0 spiro atoms. The number of nitrogens with zero attached hydrogens (tertiary/aromatic N) is 5. The van der Waals surface area contributed by atoms with Crippen LogP contribution in [0.25, 0.3) is 11.0 Å². The monoisotopic (exact) mass is 338 g/mol. The summed E-state index contributed by atoms with van der Waals surface area (Å²) in [5.41, 5.74) is 2.99. The fraction of sp³-hybridized carbons (Fsp3) is 0.444. The van der Waals surface area contributed by atoms with Gasteiger partial charge >= 0.3 is 0 Å². The van der Waals surface area contributed by atoms with Crippen LogP contribution in [0.5, 0.6) is 0 Å². The highest BCUT2D eigenvalue weighted by atomic mass is 16.2. The smallest absolute Gasteiger partial charge is 0.224 e. The van der Waals surface area contributed by atoms with Crippen LogP contribution in [0.2, 0.25) is 0 Å². The minimum atomic E-state index is 0.203. The lowest BCUT2D eigenvalue weighted by Crippen LogP contribution is -2.40. The van der Waals surface area contributed by atoms with Gasteiger partial charge in [0.1, 0.15) is 5.52 Å². The summed E-state index contributed by atoms with van der Waals surface area (Å²) < 4.78 is 1.82. The number of aryl methyl sites for hydroxylation is 1. The lowest BCUT2D eigenvalue weighted by atomic mass is 9.93. The molecule has 2 aromatic heterocycles. The molecule has 0 aliphatic carbocycles. The molecule has 1 fully saturated rings. The van der Waals surface area contributed by atoms with E-state index in [0.29, 0.717) is 18.9 Å². The molecule has 0 bridgehead atoms. The number of likely N-dealkylation sites (tertiary alicyclic amines) is 1. The van der Waals surface area contributed by atoms with Gasteiger partial charge in [0.25, 0.3) is 0 Å². The van der Waals surface area contributed by atoms with Gasteiger partial charge in [-0.15, -0.1) is 5.10 Å². The van der Waals surface area contributed by atoms with E-state index in [1.165, 1.54) is 0 Å². The van der Waals surface area contributed by atoms with Crippen LogP contribution in [0.15, 0.2) is 36.5 Å². The zero-order valence-electron chi connectivity index (χ0n) is 14.1. The predicted octanol–water partition coefficient (Wildman–Crippen LogP) is 2.03. The van der Waals surface area contributed by atoms with Crippen LogP contribution in [-0.2, 0) is 17.8 Å². The molecule has 130 valence electrons. The predicted molar refractivity (Wildman–Crippen MR) is 93.7 cm³/mol. The second kappa shape index (κ2) is 7.04. The molecule has 25 heavy (non-hydrogen) atoms. The van der Waals surface area contributed by atoms with Crippen molar-refractivity contribution in [3.63, 3.8) is 0 Å². The normalized spacial score (nSPS) is 17.9. The Morgan fingerprint density at radius 3 is 3.08 bits per heavy atom. The molecule has 3 aromatic rings. The molecule has 1 aromatic carbocycles. The Bertz CT molecular complexity index is 840. The quantitative estimate of drug-likeness (QED) is 0.772. The Hall–Kier alpha value is -2.70. The molecule has 7 heteroatoms. The number of aromatic nitrogens is 5. The van der Waals surface area contributed by atoms with Gasteiger partial charge in [0, 0.05) is 31.4 Å². The first-order chi connectivity index (χ1) is 12.3. The van der Waals surface area contributed by atoms with Crippen LogP contribution in [0, 0.1) is 5.92 Å². The van der Waals surface area contributed by atoms with Gasteiger partial charge in [-0.3, -0.25) is 9.89 Å². The molecule has 4 rings (SSSR count). The van der Waals surface area contributed by atoms with Crippen molar-refractivity contribution in [2.24, 2.45) is 5.92 Å². The van der Waals surface area contributed by atoms with E-state index < -0.39 is 0 Å². The Kier molecular flexibility index (Phi) is 4.45. The maximum atomic E-state index is 12.6. The topological polar surface area (TPSA) is 79.7 Å². The van der Waals surface area contributed by atoms with E-state index in [9.17, 15) is 4.79 Å². The van der Waals surface area contributed by atoms with Crippen molar-refractivity contribution >= 4 is 16.9 Å². The molecule has 1 amide bonds. The molecule has 1 aliphatic rings. The van der Waals surface area contributed by atoms with Crippen LogP contribution in [0.3, 0.4) is 0 Å². The molecule has 3 heterocycles. The van der Waals surface area contributed by atoms with E-state index in [0.717, 1.165) is 49.1 Å². The van der Waals surface area contributed by atoms with Crippen LogP contribution < -0.4 is 0 Å². The molecular weight excluding hydrogens is 316 g/mol.